The van der Waals surface area contributed by atoms with Gasteiger partial charge in [0.05, 0.1) is 16.7 Å². The van der Waals surface area contributed by atoms with Gasteiger partial charge in [-0.15, -0.1) is 4.72 Å². The van der Waals surface area contributed by atoms with Crippen molar-refractivity contribution in [3.05, 3.63) is 29.2 Å². The number of sulfone groups is 1. The molecule has 31 heavy (non-hydrogen) atoms. The lowest BCUT2D eigenvalue weighted by Crippen LogP contribution is -2.42. The van der Waals surface area contributed by atoms with E-state index in [1.165, 1.54) is 6.26 Å². The predicted octanol–water partition coefficient (Wildman–Crippen LogP) is 4.13. The molecule has 0 bridgehead atoms. The zero-order valence-electron chi connectivity index (χ0n) is 18.5. The molecular weight excluding hydrogens is 458 g/mol. The number of nitrogens with one attached hydrogen (secondary N) is 1. The van der Waals surface area contributed by atoms with Crippen LogP contribution in [0.25, 0.3) is 10.8 Å². The Bertz CT molecular complexity index is 1040. The van der Waals surface area contributed by atoms with Crippen LogP contribution >= 0.6 is 11.6 Å². The summed E-state index contributed by atoms with van der Waals surface area (Å²) in [7, 11) is -3.05. The smallest absolute Gasteiger partial charge is 0.223 e. The number of rotatable bonds is 8. The quantitative estimate of drug-likeness (QED) is 0.440. The molecule has 1 fully saturated rings. The van der Waals surface area contributed by atoms with E-state index in [1.54, 1.807) is 18.5 Å². The first kappa shape index (κ1) is 24.5. The van der Waals surface area contributed by atoms with Gasteiger partial charge in [-0.25, -0.2) is 18.4 Å². The predicted molar refractivity (Wildman–Crippen MR) is 126 cm³/mol. The summed E-state index contributed by atoms with van der Waals surface area (Å²) in [4.78, 5) is 8.71. The molecule has 0 saturated heterocycles. The molecule has 0 aliphatic heterocycles. The summed E-state index contributed by atoms with van der Waals surface area (Å²) in [6, 6.07) is 1.59. The second-order valence-electron chi connectivity index (χ2n) is 9.07. The van der Waals surface area contributed by atoms with Crippen molar-refractivity contribution in [3.8, 4) is 5.88 Å². The number of nitrogens with zero attached hydrogens (tertiary/aromatic N) is 2. The lowest BCUT2D eigenvalue weighted by Gasteiger charge is -2.34. The van der Waals surface area contributed by atoms with Gasteiger partial charge in [-0.05, 0) is 38.6 Å². The van der Waals surface area contributed by atoms with Crippen LogP contribution in [0.2, 0.25) is 5.15 Å². The van der Waals surface area contributed by atoms with Crippen LogP contribution in [0, 0.1) is 0 Å². The number of hydrogen-bond acceptors (Lipinski definition) is 7. The average molecular weight is 488 g/mol. The Hall–Kier alpha value is -1.13. The monoisotopic (exact) mass is 487 g/mol. The van der Waals surface area contributed by atoms with Crippen LogP contribution in [-0.4, -0.2) is 45.3 Å². The third-order valence-corrected chi connectivity index (χ3v) is 8.84. The van der Waals surface area contributed by atoms with Crippen molar-refractivity contribution in [2.45, 2.75) is 75.5 Å². The lowest BCUT2D eigenvalue weighted by atomic mass is 9.95. The van der Waals surface area contributed by atoms with Gasteiger partial charge in [0.15, 0.2) is 9.84 Å². The van der Waals surface area contributed by atoms with Crippen LogP contribution in [-0.2, 0) is 21.2 Å². The molecule has 0 radical (unpaired) electrons. The number of pyridine rings is 2. The molecule has 0 amide bonds. The number of aromatic nitrogens is 2. The summed E-state index contributed by atoms with van der Waals surface area (Å²) in [6.07, 6.45) is 6.99. The highest BCUT2D eigenvalue weighted by molar-refractivity contribution is 7.91. The van der Waals surface area contributed by atoms with E-state index in [9.17, 15) is 13.0 Å². The maximum absolute atomic E-state index is 12.8. The van der Waals surface area contributed by atoms with E-state index < -0.39 is 25.9 Å². The molecule has 1 saturated carbocycles. The zero-order chi connectivity index (χ0) is 23.0. The lowest BCUT2D eigenvalue weighted by molar-refractivity contribution is 0.119. The summed E-state index contributed by atoms with van der Waals surface area (Å²) in [5, 5.41) is 1.52. The fourth-order valence-electron chi connectivity index (χ4n) is 3.47. The highest BCUT2D eigenvalue weighted by Gasteiger charge is 2.38. The maximum atomic E-state index is 12.8. The maximum Gasteiger partial charge on any atom is 0.223 e. The Labute approximate surface area is 192 Å². The molecule has 2 heterocycles. The highest BCUT2D eigenvalue weighted by Crippen LogP contribution is 2.36. The van der Waals surface area contributed by atoms with Gasteiger partial charge >= 0.3 is 0 Å². The van der Waals surface area contributed by atoms with Crippen molar-refractivity contribution < 1.29 is 17.7 Å². The molecule has 10 heteroatoms. The first-order valence-electron chi connectivity index (χ1n) is 10.4. The molecule has 172 valence electrons. The average Bonchev–Trinajstić information content (AvgIpc) is 2.61. The standard InChI is InChI=1S/C21H30ClN3O4S2/c1-6-7-18(25-30(26)21(2,3)4)16-11-24-20(17-12-23-19(22)10-15(16)17)29-13-8-14(9-13)31(5,27)28/h10-14,18,25H,6-9H2,1-5H3/t13-,14+,18-,30?/m0/s1. The Morgan fingerprint density at radius 2 is 1.97 bits per heavy atom. The van der Waals surface area contributed by atoms with Crippen LogP contribution in [0.1, 0.15) is 65.0 Å². The van der Waals surface area contributed by atoms with E-state index >= 15 is 0 Å². The third kappa shape index (κ3) is 5.82. The van der Waals surface area contributed by atoms with E-state index in [-0.39, 0.29) is 17.4 Å². The van der Waals surface area contributed by atoms with Crippen LogP contribution in [0.15, 0.2) is 18.5 Å². The van der Waals surface area contributed by atoms with Crippen molar-refractivity contribution >= 4 is 43.6 Å². The molecule has 2 aromatic rings. The first-order chi connectivity index (χ1) is 14.4. The van der Waals surface area contributed by atoms with E-state index in [1.807, 2.05) is 20.8 Å². The molecule has 3 rings (SSSR count). The highest BCUT2D eigenvalue weighted by atomic mass is 35.5. The van der Waals surface area contributed by atoms with E-state index in [0.717, 1.165) is 23.8 Å². The van der Waals surface area contributed by atoms with Crippen LogP contribution < -0.4 is 9.46 Å². The fourth-order valence-corrected chi connectivity index (χ4v) is 5.61. The minimum absolute atomic E-state index is 0.175. The molecule has 1 N–H and O–H groups in total. The molecule has 0 spiro atoms. The second-order valence-corrected chi connectivity index (χ2v) is 13.8. The summed E-state index contributed by atoms with van der Waals surface area (Å²) in [6.45, 7) is 7.85. The number of ether oxygens (including phenoxy) is 1. The zero-order valence-corrected chi connectivity index (χ0v) is 20.9. The summed E-state index contributed by atoms with van der Waals surface area (Å²) >= 11 is 4.95. The van der Waals surface area contributed by atoms with Crippen molar-refractivity contribution in [2.24, 2.45) is 0 Å². The molecule has 1 unspecified atom stereocenters. The van der Waals surface area contributed by atoms with E-state index in [0.29, 0.717) is 29.3 Å². The van der Waals surface area contributed by atoms with Crippen molar-refractivity contribution in [3.63, 3.8) is 0 Å². The van der Waals surface area contributed by atoms with Gasteiger partial charge in [0.25, 0.3) is 0 Å². The van der Waals surface area contributed by atoms with Gasteiger partial charge in [-0.1, -0.05) is 24.9 Å². The summed E-state index contributed by atoms with van der Waals surface area (Å²) in [5.74, 6) is 0.409. The molecule has 2 atom stereocenters. The normalized spacial score (nSPS) is 21.5. The Balaban J connectivity index is 1.92. The first-order valence-corrected chi connectivity index (χ1v) is 13.9. The van der Waals surface area contributed by atoms with Gasteiger partial charge in [-0.3, -0.25) is 0 Å². The third-order valence-electron chi connectivity index (χ3n) is 5.43. The van der Waals surface area contributed by atoms with Crippen molar-refractivity contribution in [2.75, 3.05) is 6.26 Å². The van der Waals surface area contributed by atoms with Crippen molar-refractivity contribution in [1.29, 1.82) is 0 Å². The van der Waals surface area contributed by atoms with Crippen molar-refractivity contribution in [1.82, 2.24) is 14.7 Å². The molecule has 0 aromatic carbocycles. The Kier molecular flexibility index (Phi) is 7.42. The largest absolute Gasteiger partial charge is 0.598 e. The molecule has 1 aliphatic rings. The van der Waals surface area contributed by atoms with Gasteiger partial charge in [0.2, 0.25) is 5.88 Å². The van der Waals surface area contributed by atoms with Gasteiger partial charge < -0.3 is 9.29 Å². The number of hydrogen-bond donors (Lipinski definition) is 1. The molecule has 2 aromatic heterocycles. The molecule has 7 nitrogen and oxygen atoms in total. The number of halogens is 1. The topological polar surface area (TPSA) is 104 Å². The van der Waals surface area contributed by atoms with Crippen LogP contribution in [0.3, 0.4) is 0 Å². The minimum atomic E-state index is -3.05. The van der Waals surface area contributed by atoms with Crippen LogP contribution in [0.4, 0.5) is 0 Å². The fraction of sp³-hybridized carbons (Fsp3) is 0.619. The van der Waals surface area contributed by atoms with Crippen LogP contribution in [0.5, 0.6) is 5.88 Å². The van der Waals surface area contributed by atoms with E-state index in [2.05, 4.69) is 21.6 Å². The second kappa shape index (κ2) is 9.39. The SMILES string of the molecule is CCC[C@H](N[S+]([O-])C(C)(C)C)c1cnc(O[C@H]2C[C@@H](S(C)(=O)=O)C2)c2cnc(Cl)cc12. The van der Waals surface area contributed by atoms with Gasteiger partial charge in [0.1, 0.15) is 16.0 Å². The Morgan fingerprint density at radius 1 is 1.29 bits per heavy atom. The number of fused-ring (bicyclic) bond motifs is 1. The Morgan fingerprint density at radius 3 is 2.55 bits per heavy atom. The van der Waals surface area contributed by atoms with Gasteiger partial charge in [-0.2, -0.15) is 0 Å². The molecular formula is C21H30ClN3O4S2. The minimum Gasteiger partial charge on any atom is -0.598 e. The molecule has 1 aliphatic carbocycles. The van der Waals surface area contributed by atoms with Gasteiger partial charge in [0, 0.05) is 48.4 Å². The summed E-state index contributed by atoms with van der Waals surface area (Å²) < 4.78 is 45.0. The van der Waals surface area contributed by atoms with E-state index in [4.69, 9.17) is 16.3 Å². The summed E-state index contributed by atoms with van der Waals surface area (Å²) in [5.41, 5.74) is 0.883.